The lowest BCUT2D eigenvalue weighted by molar-refractivity contribution is 0.759. The fraction of sp³-hybridized carbons (Fsp3) is 0.0769. The van der Waals surface area contributed by atoms with Gasteiger partial charge in [-0.3, -0.25) is 9.98 Å². The number of aromatic nitrogens is 1. The molecule has 0 radical (unpaired) electrons. The highest BCUT2D eigenvalue weighted by Gasteiger charge is 2.19. The van der Waals surface area contributed by atoms with E-state index < -0.39 is 0 Å². The van der Waals surface area contributed by atoms with Gasteiger partial charge in [0.2, 0.25) is 0 Å². The van der Waals surface area contributed by atoms with E-state index in [1.807, 2.05) is 36.7 Å². The van der Waals surface area contributed by atoms with Crippen LogP contribution in [0, 0.1) is 0 Å². The third kappa shape index (κ3) is 2.01. The molecule has 0 saturated heterocycles. The number of hydrogen-bond donors (Lipinski definition) is 1. The van der Waals surface area contributed by atoms with Crippen molar-refractivity contribution in [2.24, 2.45) is 4.99 Å². The van der Waals surface area contributed by atoms with E-state index in [-0.39, 0.29) is 6.04 Å². The van der Waals surface area contributed by atoms with Crippen LogP contribution in [0.15, 0.2) is 58.6 Å². The molecule has 17 heavy (non-hydrogen) atoms. The first-order valence-electron chi connectivity index (χ1n) is 5.33. The van der Waals surface area contributed by atoms with Gasteiger partial charge in [-0.15, -0.1) is 0 Å². The van der Waals surface area contributed by atoms with E-state index in [1.54, 1.807) is 6.20 Å². The van der Waals surface area contributed by atoms with Crippen molar-refractivity contribution in [3.05, 3.63) is 59.2 Å². The standard InChI is InChI=1S/C13H10ClN3/c14-13-4-3-11-12(17-13)6-10(8-16-11)9-2-1-5-15-7-9/h1-8,12,17H. The van der Waals surface area contributed by atoms with Crippen LogP contribution >= 0.6 is 11.6 Å². The van der Waals surface area contributed by atoms with Gasteiger partial charge < -0.3 is 5.32 Å². The van der Waals surface area contributed by atoms with Gasteiger partial charge >= 0.3 is 0 Å². The summed E-state index contributed by atoms with van der Waals surface area (Å²) in [7, 11) is 0. The molecule has 2 aliphatic heterocycles. The average Bonchev–Trinajstić information content (AvgIpc) is 2.39. The lowest BCUT2D eigenvalue weighted by atomic mass is 10.0. The molecule has 3 rings (SSSR count). The molecule has 4 heteroatoms. The van der Waals surface area contributed by atoms with Crippen molar-refractivity contribution in [3.63, 3.8) is 0 Å². The van der Waals surface area contributed by atoms with E-state index >= 15 is 0 Å². The quantitative estimate of drug-likeness (QED) is 0.770. The van der Waals surface area contributed by atoms with Gasteiger partial charge in [0.15, 0.2) is 0 Å². The summed E-state index contributed by atoms with van der Waals surface area (Å²) < 4.78 is 0. The molecule has 0 saturated carbocycles. The van der Waals surface area contributed by atoms with Crippen molar-refractivity contribution in [2.45, 2.75) is 6.04 Å². The smallest absolute Gasteiger partial charge is 0.103 e. The summed E-state index contributed by atoms with van der Waals surface area (Å²) >= 11 is 5.94. The SMILES string of the molecule is ClC1=CC=C2N=CC(c3cccnc3)=CC2N1. The number of hydrogen-bond acceptors (Lipinski definition) is 3. The molecular formula is C13H10ClN3. The topological polar surface area (TPSA) is 37.3 Å². The monoisotopic (exact) mass is 243 g/mol. The van der Waals surface area contributed by atoms with Gasteiger partial charge in [-0.1, -0.05) is 17.7 Å². The Morgan fingerprint density at radius 1 is 1.29 bits per heavy atom. The zero-order valence-corrected chi connectivity index (χ0v) is 9.72. The van der Waals surface area contributed by atoms with Gasteiger partial charge in [0.25, 0.3) is 0 Å². The Labute approximate surface area is 104 Å². The number of dihydropyridines is 2. The van der Waals surface area contributed by atoms with Crippen molar-refractivity contribution in [1.29, 1.82) is 0 Å². The van der Waals surface area contributed by atoms with E-state index in [2.05, 4.69) is 21.4 Å². The maximum Gasteiger partial charge on any atom is 0.103 e. The van der Waals surface area contributed by atoms with Gasteiger partial charge in [0.05, 0.1) is 11.7 Å². The van der Waals surface area contributed by atoms with Crippen LogP contribution in [0.5, 0.6) is 0 Å². The van der Waals surface area contributed by atoms with Crippen LogP contribution < -0.4 is 5.32 Å². The second kappa shape index (κ2) is 4.18. The minimum Gasteiger partial charge on any atom is -0.364 e. The van der Waals surface area contributed by atoms with Crippen LogP contribution in [-0.4, -0.2) is 17.2 Å². The molecule has 3 nitrogen and oxygen atoms in total. The first-order valence-corrected chi connectivity index (χ1v) is 5.71. The summed E-state index contributed by atoms with van der Waals surface area (Å²) in [5.74, 6) is 0. The number of pyridine rings is 1. The summed E-state index contributed by atoms with van der Waals surface area (Å²) in [6, 6.07) is 3.98. The zero-order chi connectivity index (χ0) is 11.7. The van der Waals surface area contributed by atoms with Crippen molar-refractivity contribution >= 4 is 23.4 Å². The van der Waals surface area contributed by atoms with Crippen LogP contribution in [0.2, 0.25) is 0 Å². The fourth-order valence-electron chi connectivity index (χ4n) is 1.85. The van der Waals surface area contributed by atoms with Crippen LogP contribution in [0.4, 0.5) is 0 Å². The van der Waals surface area contributed by atoms with Crippen molar-refractivity contribution in [3.8, 4) is 0 Å². The molecule has 0 spiro atoms. The fourth-order valence-corrected chi connectivity index (χ4v) is 2.03. The summed E-state index contributed by atoms with van der Waals surface area (Å²) in [4.78, 5) is 8.52. The molecule has 0 aliphatic carbocycles. The Morgan fingerprint density at radius 3 is 3.06 bits per heavy atom. The molecule has 1 aromatic rings. The number of aliphatic imine (C=N–C) groups is 1. The largest absolute Gasteiger partial charge is 0.364 e. The van der Waals surface area contributed by atoms with Crippen molar-refractivity contribution in [2.75, 3.05) is 0 Å². The van der Waals surface area contributed by atoms with Gasteiger partial charge in [-0.2, -0.15) is 0 Å². The van der Waals surface area contributed by atoms with Crippen LogP contribution in [0.25, 0.3) is 5.57 Å². The lowest BCUT2D eigenvalue weighted by Crippen LogP contribution is -2.30. The van der Waals surface area contributed by atoms with Crippen molar-refractivity contribution in [1.82, 2.24) is 10.3 Å². The third-order valence-corrected chi connectivity index (χ3v) is 2.94. The second-order valence-electron chi connectivity index (χ2n) is 3.85. The summed E-state index contributed by atoms with van der Waals surface area (Å²) in [6.45, 7) is 0. The van der Waals surface area contributed by atoms with Crippen LogP contribution in [0.3, 0.4) is 0 Å². The highest BCUT2D eigenvalue weighted by atomic mass is 35.5. The van der Waals surface area contributed by atoms with Crippen molar-refractivity contribution < 1.29 is 0 Å². The maximum atomic E-state index is 5.94. The molecular weight excluding hydrogens is 234 g/mol. The molecule has 0 amide bonds. The zero-order valence-electron chi connectivity index (χ0n) is 8.97. The molecule has 2 aliphatic rings. The predicted molar refractivity (Wildman–Crippen MR) is 69.6 cm³/mol. The molecule has 0 aromatic carbocycles. The number of rotatable bonds is 1. The predicted octanol–water partition coefficient (Wildman–Crippen LogP) is 2.49. The van der Waals surface area contributed by atoms with Gasteiger partial charge in [-0.25, -0.2) is 0 Å². The van der Waals surface area contributed by atoms with E-state index in [0.29, 0.717) is 5.16 Å². The van der Waals surface area contributed by atoms with Gasteiger partial charge in [0.1, 0.15) is 5.16 Å². The van der Waals surface area contributed by atoms with E-state index in [4.69, 9.17) is 11.6 Å². The van der Waals surface area contributed by atoms with E-state index in [9.17, 15) is 0 Å². The molecule has 0 fully saturated rings. The highest BCUT2D eigenvalue weighted by Crippen LogP contribution is 2.23. The Bertz CT molecular complexity index is 555. The number of halogens is 1. The molecule has 0 bridgehead atoms. The van der Waals surface area contributed by atoms with E-state index in [1.165, 1.54) is 0 Å². The summed E-state index contributed by atoms with van der Waals surface area (Å²) in [5.41, 5.74) is 3.09. The van der Waals surface area contributed by atoms with Gasteiger partial charge in [0, 0.05) is 24.2 Å². The molecule has 3 heterocycles. The normalized spacial score (nSPS) is 21.9. The lowest BCUT2D eigenvalue weighted by Gasteiger charge is -2.23. The van der Waals surface area contributed by atoms with Crippen LogP contribution in [-0.2, 0) is 0 Å². The highest BCUT2D eigenvalue weighted by molar-refractivity contribution is 6.29. The second-order valence-corrected chi connectivity index (χ2v) is 4.26. The summed E-state index contributed by atoms with van der Waals surface area (Å²) in [6.07, 6.45) is 11.3. The Hall–Kier alpha value is -1.87. The molecule has 1 atom stereocenters. The number of nitrogens with one attached hydrogen (secondary N) is 1. The Balaban J connectivity index is 1.95. The average molecular weight is 244 g/mol. The van der Waals surface area contributed by atoms with Gasteiger partial charge in [-0.05, 0) is 29.9 Å². The molecule has 84 valence electrons. The molecule has 1 N–H and O–H groups in total. The number of nitrogens with zero attached hydrogens (tertiary/aromatic N) is 2. The Morgan fingerprint density at radius 2 is 2.24 bits per heavy atom. The maximum absolute atomic E-state index is 5.94. The number of allylic oxidation sites excluding steroid dienone is 3. The third-order valence-electron chi connectivity index (χ3n) is 2.71. The first kappa shape index (κ1) is 10.3. The van der Waals surface area contributed by atoms with E-state index in [0.717, 1.165) is 16.8 Å². The molecule has 1 aromatic heterocycles. The first-order chi connectivity index (χ1) is 8.33. The minimum atomic E-state index is 0.0488. The Kier molecular flexibility index (Phi) is 2.53. The number of fused-ring (bicyclic) bond motifs is 1. The summed E-state index contributed by atoms with van der Waals surface area (Å²) in [5, 5.41) is 3.80. The molecule has 1 unspecified atom stereocenters. The van der Waals surface area contributed by atoms with Crippen LogP contribution in [0.1, 0.15) is 5.56 Å². The minimum absolute atomic E-state index is 0.0488.